The molecule has 0 amide bonds. The van der Waals surface area contributed by atoms with E-state index in [4.69, 9.17) is 18.9 Å². The zero-order chi connectivity index (χ0) is 28.1. The molecular formula is C28H30N4O7. The highest BCUT2D eigenvalue weighted by molar-refractivity contribution is 5.87. The Balaban J connectivity index is 1.54. The first-order chi connectivity index (χ1) is 18.8. The lowest BCUT2D eigenvalue weighted by Gasteiger charge is -2.27. The summed E-state index contributed by atoms with van der Waals surface area (Å²) >= 11 is 0. The van der Waals surface area contributed by atoms with Crippen LogP contribution in [-0.2, 0) is 16.0 Å². The maximum Gasteiger partial charge on any atom is 0.328 e. The van der Waals surface area contributed by atoms with Gasteiger partial charge in [-0.2, -0.15) is 0 Å². The Bertz CT molecular complexity index is 1540. The summed E-state index contributed by atoms with van der Waals surface area (Å²) in [6, 6.07) is 9.72. The van der Waals surface area contributed by atoms with Gasteiger partial charge < -0.3 is 29.2 Å². The smallest absolute Gasteiger partial charge is 0.328 e. The van der Waals surface area contributed by atoms with E-state index in [0.717, 1.165) is 5.56 Å². The molecule has 0 saturated heterocycles. The number of hydrogen-bond acceptors (Lipinski definition) is 11. The summed E-state index contributed by atoms with van der Waals surface area (Å²) in [6.07, 6.45) is 1.62. The molecule has 1 aromatic heterocycles. The van der Waals surface area contributed by atoms with Crippen LogP contribution in [-0.4, -0.2) is 56.4 Å². The second-order valence-electron chi connectivity index (χ2n) is 8.63. The van der Waals surface area contributed by atoms with Gasteiger partial charge in [-0.15, -0.1) is 0 Å². The molecule has 0 fully saturated rings. The van der Waals surface area contributed by atoms with Gasteiger partial charge in [0.1, 0.15) is 29.5 Å². The molecule has 0 aliphatic carbocycles. The fraction of sp³-hybridized carbons (Fsp3) is 0.321. The number of hydrogen-bond donors (Lipinski definition) is 1. The van der Waals surface area contributed by atoms with Crippen molar-refractivity contribution in [1.29, 1.82) is 0 Å². The van der Waals surface area contributed by atoms with Crippen molar-refractivity contribution in [3.8, 4) is 23.1 Å². The van der Waals surface area contributed by atoms with Crippen LogP contribution in [0.1, 0.15) is 19.4 Å². The number of aromatic nitrogens is 2. The minimum atomic E-state index is -0.868. The summed E-state index contributed by atoms with van der Waals surface area (Å²) < 4.78 is 21.7. The molecule has 0 bridgehead atoms. The van der Waals surface area contributed by atoms with Crippen molar-refractivity contribution in [3.05, 3.63) is 68.7 Å². The Morgan fingerprint density at radius 2 is 1.62 bits per heavy atom. The Hall–Kier alpha value is -4.67. The molecule has 0 unspecified atom stereocenters. The number of carbonyl (C=O) groups is 1. The standard InChI is InChI=1S/C28H30N4O7/c1-6-32(7-2)24-23(25(33)26(24)34)31-20(28(35)38-5)12-16-8-10-17(11-9-16)39-27-18-13-21(36-3)22(37-4)14-19(18)29-15-30-27/h8-11,13-15,20,31H,6-7,12H2,1-5H3/t20-/m0/s1. The first-order valence-corrected chi connectivity index (χ1v) is 12.4. The number of carbonyl (C=O) groups excluding carboxylic acids is 1. The quantitative estimate of drug-likeness (QED) is 0.213. The van der Waals surface area contributed by atoms with Crippen molar-refractivity contribution >= 4 is 28.2 Å². The molecule has 11 heteroatoms. The molecule has 0 saturated carbocycles. The number of esters is 1. The summed E-state index contributed by atoms with van der Waals surface area (Å²) in [6.45, 7) is 4.90. The molecule has 4 rings (SSSR count). The fourth-order valence-electron chi connectivity index (χ4n) is 4.35. The van der Waals surface area contributed by atoms with Crippen molar-refractivity contribution in [2.45, 2.75) is 26.3 Å². The molecule has 0 radical (unpaired) electrons. The van der Waals surface area contributed by atoms with Crippen LogP contribution in [0.2, 0.25) is 0 Å². The summed E-state index contributed by atoms with van der Waals surface area (Å²) in [5.41, 5.74) is 0.659. The number of methoxy groups -OCH3 is 3. The monoisotopic (exact) mass is 534 g/mol. The fourth-order valence-corrected chi connectivity index (χ4v) is 4.35. The van der Waals surface area contributed by atoms with E-state index in [2.05, 4.69) is 15.3 Å². The molecule has 204 valence electrons. The van der Waals surface area contributed by atoms with Crippen LogP contribution >= 0.6 is 0 Å². The van der Waals surface area contributed by atoms with Crippen molar-refractivity contribution in [1.82, 2.24) is 9.97 Å². The first kappa shape index (κ1) is 27.4. The summed E-state index contributed by atoms with van der Waals surface area (Å²) in [5.74, 6) is 1.37. The zero-order valence-electron chi connectivity index (χ0n) is 22.4. The predicted octanol–water partition coefficient (Wildman–Crippen LogP) is 3.08. The number of anilines is 2. The highest BCUT2D eigenvalue weighted by atomic mass is 16.5. The Labute approximate surface area is 225 Å². The van der Waals surface area contributed by atoms with Gasteiger partial charge in [0, 0.05) is 25.6 Å². The van der Waals surface area contributed by atoms with Gasteiger partial charge in [0.15, 0.2) is 11.5 Å². The van der Waals surface area contributed by atoms with Crippen LogP contribution in [0.15, 0.2) is 52.3 Å². The molecule has 1 atom stereocenters. The molecule has 1 N–H and O–H groups in total. The van der Waals surface area contributed by atoms with E-state index in [9.17, 15) is 14.4 Å². The van der Waals surface area contributed by atoms with Gasteiger partial charge in [0.05, 0.1) is 32.2 Å². The third kappa shape index (κ3) is 5.47. The molecule has 0 spiro atoms. The van der Waals surface area contributed by atoms with E-state index in [0.29, 0.717) is 52.8 Å². The van der Waals surface area contributed by atoms with Crippen LogP contribution in [0.4, 0.5) is 11.4 Å². The number of fused-ring (bicyclic) bond motifs is 1. The predicted molar refractivity (Wildman–Crippen MR) is 147 cm³/mol. The van der Waals surface area contributed by atoms with Gasteiger partial charge in [-0.25, -0.2) is 14.8 Å². The Morgan fingerprint density at radius 1 is 0.949 bits per heavy atom. The van der Waals surface area contributed by atoms with Gasteiger partial charge in [-0.1, -0.05) is 12.1 Å². The van der Waals surface area contributed by atoms with Crippen LogP contribution in [0.25, 0.3) is 10.9 Å². The van der Waals surface area contributed by atoms with Gasteiger partial charge in [-0.3, -0.25) is 9.59 Å². The lowest BCUT2D eigenvalue weighted by Crippen LogP contribution is -2.46. The average molecular weight is 535 g/mol. The highest BCUT2D eigenvalue weighted by Crippen LogP contribution is 2.35. The minimum absolute atomic E-state index is 0.141. The van der Waals surface area contributed by atoms with Gasteiger partial charge in [-0.05, 0) is 37.6 Å². The number of benzene rings is 2. The van der Waals surface area contributed by atoms with E-state index < -0.39 is 22.9 Å². The van der Waals surface area contributed by atoms with Gasteiger partial charge in [0.2, 0.25) is 5.88 Å². The molecule has 4 aromatic rings. The number of rotatable bonds is 12. The molecule has 0 aliphatic rings. The minimum Gasteiger partial charge on any atom is -0.493 e. The highest BCUT2D eigenvalue weighted by Gasteiger charge is 2.29. The maximum absolute atomic E-state index is 12.6. The van der Waals surface area contributed by atoms with Crippen LogP contribution in [0, 0.1) is 0 Å². The van der Waals surface area contributed by atoms with Crippen LogP contribution in [0.3, 0.4) is 0 Å². The molecule has 3 aromatic carbocycles. The Morgan fingerprint density at radius 3 is 2.23 bits per heavy atom. The SMILES string of the molecule is CCN(CC)c1c(N[C@@H](Cc2ccc(Oc3ncnc4cc(OC)c(OC)cc34)cc2)C(=O)OC)c(=O)c1=O. The van der Waals surface area contributed by atoms with E-state index >= 15 is 0 Å². The second kappa shape index (κ2) is 11.8. The lowest BCUT2D eigenvalue weighted by atomic mass is 10.0. The topological polar surface area (TPSA) is 129 Å². The van der Waals surface area contributed by atoms with Gasteiger partial charge in [0.25, 0.3) is 10.9 Å². The summed E-state index contributed by atoms with van der Waals surface area (Å²) in [7, 11) is 4.37. The molecular weight excluding hydrogens is 504 g/mol. The van der Waals surface area contributed by atoms with Crippen molar-refractivity contribution in [2.75, 3.05) is 44.6 Å². The van der Waals surface area contributed by atoms with Crippen LogP contribution < -0.4 is 35.3 Å². The van der Waals surface area contributed by atoms with Crippen molar-refractivity contribution in [3.63, 3.8) is 0 Å². The first-order valence-electron chi connectivity index (χ1n) is 12.4. The largest absolute Gasteiger partial charge is 0.493 e. The van der Waals surface area contributed by atoms with Crippen molar-refractivity contribution in [2.24, 2.45) is 0 Å². The van der Waals surface area contributed by atoms with E-state index in [1.165, 1.54) is 13.4 Å². The average Bonchev–Trinajstić information content (AvgIpc) is 2.97. The third-order valence-electron chi connectivity index (χ3n) is 6.45. The van der Waals surface area contributed by atoms with Gasteiger partial charge >= 0.3 is 5.97 Å². The lowest BCUT2D eigenvalue weighted by molar-refractivity contribution is -0.141. The third-order valence-corrected chi connectivity index (χ3v) is 6.45. The number of nitrogens with one attached hydrogen (secondary N) is 1. The summed E-state index contributed by atoms with van der Waals surface area (Å²) in [4.78, 5) is 47.4. The molecule has 0 aliphatic heterocycles. The number of nitrogens with zero attached hydrogens (tertiary/aromatic N) is 3. The van der Waals surface area contributed by atoms with E-state index in [1.807, 2.05) is 13.8 Å². The normalized spacial score (nSPS) is 11.7. The van der Waals surface area contributed by atoms with E-state index in [-0.39, 0.29) is 12.1 Å². The van der Waals surface area contributed by atoms with E-state index in [1.54, 1.807) is 55.5 Å². The molecule has 39 heavy (non-hydrogen) atoms. The van der Waals surface area contributed by atoms with Crippen molar-refractivity contribution < 1.29 is 23.7 Å². The molecule has 1 heterocycles. The zero-order valence-corrected chi connectivity index (χ0v) is 22.4. The second-order valence-corrected chi connectivity index (χ2v) is 8.63. The Kier molecular flexibility index (Phi) is 8.28. The number of ether oxygens (including phenoxy) is 4. The van der Waals surface area contributed by atoms with Crippen LogP contribution in [0.5, 0.6) is 23.1 Å². The summed E-state index contributed by atoms with van der Waals surface area (Å²) in [5, 5.41) is 3.59. The maximum atomic E-state index is 12.6. The molecule has 11 nitrogen and oxygen atoms in total.